The number of unbranched alkanes of at least 4 members (excludes halogenated alkanes) is 1. The van der Waals surface area contributed by atoms with Gasteiger partial charge in [0.1, 0.15) is 0 Å². The molecule has 0 bridgehead atoms. The van der Waals surface area contributed by atoms with E-state index in [2.05, 4.69) is 26.0 Å². The molecule has 0 saturated carbocycles. The van der Waals surface area contributed by atoms with E-state index in [0.717, 1.165) is 37.3 Å². The van der Waals surface area contributed by atoms with Crippen molar-refractivity contribution in [3.8, 4) is 11.5 Å². The Morgan fingerprint density at radius 1 is 1.18 bits per heavy atom. The summed E-state index contributed by atoms with van der Waals surface area (Å²) in [6.45, 7) is 5.54. The maximum atomic E-state index is 5.54. The van der Waals surface area contributed by atoms with Crippen LogP contribution in [0.15, 0.2) is 12.1 Å². The molecule has 1 aliphatic heterocycles. The second kappa shape index (κ2) is 5.41. The van der Waals surface area contributed by atoms with Gasteiger partial charge in [0.25, 0.3) is 0 Å². The molecule has 3 heteroatoms. The molecular weight excluding hydrogens is 214 g/mol. The Morgan fingerprint density at radius 3 is 2.53 bits per heavy atom. The Bertz CT molecular complexity index is 388. The number of benzene rings is 1. The van der Waals surface area contributed by atoms with Gasteiger partial charge in [-0.3, -0.25) is 0 Å². The van der Waals surface area contributed by atoms with Crippen LogP contribution >= 0.6 is 0 Å². The maximum absolute atomic E-state index is 5.54. The van der Waals surface area contributed by atoms with Crippen molar-refractivity contribution in [3.63, 3.8) is 0 Å². The van der Waals surface area contributed by atoms with Crippen molar-refractivity contribution in [2.24, 2.45) is 5.73 Å². The quantitative estimate of drug-likeness (QED) is 0.798. The van der Waals surface area contributed by atoms with E-state index in [-0.39, 0.29) is 0 Å². The molecule has 2 N–H and O–H groups in total. The molecule has 0 saturated heterocycles. The lowest BCUT2D eigenvalue weighted by Crippen LogP contribution is -2.01. The monoisotopic (exact) mass is 235 g/mol. The molecule has 1 aliphatic rings. The molecule has 17 heavy (non-hydrogen) atoms. The minimum absolute atomic E-state index is 0.346. The fraction of sp³-hybridized carbons (Fsp3) is 0.571. The fourth-order valence-corrected chi connectivity index (χ4v) is 2.21. The van der Waals surface area contributed by atoms with E-state index in [4.69, 9.17) is 15.2 Å². The third-order valence-corrected chi connectivity index (χ3v) is 3.16. The molecule has 1 aromatic carbocycles. The minimum atomic E-state index is 0.346. The van der Waals surface area contributed by atoms with E-state index in [1.54, 1.807) is 0 Å². The SMILES string of the molecule is CC(C)c1cc2c(cc1CCCCN)OCO2. The summed E-state index contributed by atoms with van der Waals surface area (Å²) in [5.41, 5.74) is 8.28. The highest BCUT2D eigenvalue weighted by atomic mass is 16.7. The van der Waals surface area contributed by atoms with Gasteiger partial charge in [-0.1, -0.05) is 13.8 Å². The lowest BCUT2D eigenvalue weighted by molar-refractivity contribution is 0.174. The van der Waals surface area contributed by atoms with Crippen molar-refractivity contribution in [1.82, 2.24) is 0 Å². The first-order valence-electron chi connectivity index (χ1n) is 6.35. The van der Waals surface area contributed by atoms with E-state index in [1.807, 2.05) is 0 Å². The number of hydrogen-bond acceptors (Lipinski definition) is 3. The van der Waals surface area contributed by atoms with E-state index < -0.39 is 0 Å². The first-order chi connectivity index (χ1) is 8.22. The summed E-state index contributed by atoms with van der Waals surface area (Å²) in [7, 11) is 0. The smallest absolute Gasteiger partial charge is 0.231 e. The Morgan fingerprint density at radius 2 is 1.88 bits per heavy atom. The van der Waals surface area contributed by atoms with Gasteiger partial charge in [-0.05, 0) is 55.0 Å². The van der Waals surface area contributed by atoms with Gasteiger partial charge in [0.2, 0.25) is 6.79 Å². The molecule has 0 fully saturated rings. The molecular formula is C14H21NO2. The van der Waals surface area contributed by atoms with Crippen LogP contribution in [0, 0.1) is 0 Å². The first-order valence-corrected chi connectivity index (χ1v) is 6.35. The van der Waals surface area contributed by atoms with Crippen LogP contribution in [0.4, 0.5) is 0 Å². The van der Waals surface area contributed by atoms with E-state index in [1.165, 1.54) is 11.1 Å². The number of rotatable bonds is 5. The Kier molecular flexibility index (Phi) is 3.89. The Labute approximate surface area is 103 Å². The van der Waals surface area contributed by atoms with Crippen molar-refractivity contribution in [2.45, 2.75) is 39.0 Å². The molecule has 94 valence electrons. The van der Waals surface area contributed by atoms with E-state index >= 15 is 0 Å². The lowest BCUT2D eigenvalue weighted by atomic mass is 9.93. The molecule has 0 atom stereocenters. The van der Waals surface area contributed by atoms with Crippen molar-refractivity contribution in [2.75, 3.05) is 13.3 Å². The van der Waals surface area contributed by atoms with Gasteiger partial charge >= 0.3 is 0 Å². The van der Waals surface area contributed by atoms with Crippen LogP contribution in [0.25, 0.3) is 0 Å². The van der Waals surface area contributed by atoms with E-state index in [0.29, 0.717) is 12.7 Å². The van der Waals surface area contributed by atoms with Crippen LogP contribution in [-0.2, 0) is 6.42 Å². The number of fused-ring (bicyclic) bond motifs is 1. The fourth-order valence-electron chi connectivity index (χ4n) is 2.21. The molecule has 0 aliphatic carbocycles. The molecule has 1 aromatic rings. The number of hydrogen-bond donors (Lipinski definition) is 1. The van der Waals surface area contributed by atoms with Gasteiger partial charge in [0.05, 0.1) is 0 Å². The average molecular weight is 235 g/mol. The normalized spacial score (nSPS) is 13.4. The van der Waals surface area contributed by atoms with Gasteiger partial charge in [0, 0.05) is 0 Å². The highest BCUT2D eigenvalue weighted by molar-refractivity contribution is 5.49. The molecule has 0 unspecified atom stereocenters. The van der Waals surface area contributed by atoms with Crippen molar-refractivity contribution in [3.05, 3.63) is 23.3 Å². The van der Waals surface area contributed by atoms with E-state index in [9.17, 15) is 0 Å². The second-order valence-corrected chi connectivity index (χ2v) is 4.80. The van der Waals surface area contributed by atoms with Crippen molar-refractivity contribution in [1.29, 1.82) is 0 Å². The zero-order chi connectivity index (χ0) is 12.3. The summed E-state index contributed by atoms with van der Waals surface area (Å²) >= 11 is 0. The topological polar surface area (TPSA) is 44.5 Å². The number of ether oxygens (including phenoxy) is 2. The van der Waals surface area contributed by atoms with Crippen LogP contribution in [-0.4, -0.2) is 13.3 Å². The maximum Gasteiger partial charge on any atom is 0.231 e. The summed E-state index contributed by atoms with van der Waals surface area (Å²) in [5.74, 6) is 2.28. The van der Waals surface area contributed by atoms with Gasteiger partial charge in [-0.25, -0.2) is 0 Å². The number of aryl methyl sites for hydroxylation is 1. The summed E-state index contributed by atoms with van der Waals surface area (Å²) in [4.78, 5) is 0. The predicted octanol–water partition coefficient (Wildman–Crippen LogP) is 2.82. The zero-order valence-corrected chi connectivity index (χ0v) is 10.7. The summed E-state index contributed by atoms with van der Waals surface area (Å²) in [6.07, 6.45) is 3.28. The minimum Gasteiger partial charge on any atom is -0.454 e. The average Bonchev–Trinajstić information content (AvgIpc) is 2.75. The van der Waals surface area contributed by atoms with Crippen LogP contribution in [0.3, 0.4) is 0 Å². The Balaban J connectivity index is 2.22. The lowest BCUT2D eigenvalue weighted by Gasteiger charge is -2.13. The standard InChI is InChI=1S/C14H21NO2/c1-10(2)12-8-14-13(16-9-17-14)7-11(12)5-3-4-6-15/h7-8,10H,3-6,9,15H2,1-2H3. The van der Waals surface area contributed by atoms with Crippen molar-refractivity contribution >= 4 is 0 Å². The second-order valence-electron chi connectivity index (χ2n) is 4.80. The molecule has 0 spiro atoms. The van der Waals surface area contributed by atoms with Crippen LogP contribution < -0.4 is 15.2 Å². The predicted molar refractivity (Wildman–Crippen MR) is 68.6 cm³/mol. The molecule has 1 heterocycles. The van der Waals surface area contributed by atoms with Gasteiger partial charge in [-0.15, -0.1) is 0 Å². The highest BCUT2D eigenvalue weighted by Crippen LogP contribution is 2.37. The molecule has 2 rings (SSSR count). The van der Waals surface area contributed by atoms with Crippen molar-refractivity contribution < 1.29 is 9.47 Å². The molecule has 3 nitrogen and oxygen atoms in total. The van der Waals surface area contributed by atoms with Crippen LogP contribution in [0.2, 0.25) is 0 Å². The third kappa shape index (κ3) is 2.72. The van der Waals surface area contributed by atoms with Gasteiger partial charge < -0.3 is 15.2 Å². The molecule has 0 radical (unpaired) electrons. The number of nitrogens with two attached hydrogens (primary N) is 1. The third-order valence-electron chi connectivity index (χ3n) is 3.16. The zero-order valence-electron chi connectivity index (χ0n) is 10.7. The van der Waals surface area contributed by atoms with Gasteiger partial charge in [0.15, 0.2) is 11.5 Å². The summed E-state index contributed by atoms with van der Waals surface area (Å²) < 4.78 is 10.9. The Hall–Kier alpha value is -1.22. The summed E-state index contributed by atoms with van der Waals surface area (Å²) in [6, 6.07) is 4.26. The largest absolute Gasteiger partial charge is 0.454 e. The highest BCUT2D eigenvalue weighted by Gasteiger charge is 2.18. The van der Waals surface area contributed by atoms with Crippen LogP contribution in [0.1, 0.15) is 43.7 Å². The van der Waals surface area contributed by atoms with Crippen LogP contribution in [0.5, 0.6) is 11.5 Å². The summed E-state index contributed by atoms with van der Waals surface area (Å²) in [5, 5.41) is 0. The molecule has 0 amide bonds. The van der Waals surface area contributed by atoms with Gasteiger partial charge in [-0.2, -0.15) is 0 Å². The first kappa shape index (κ1) is 12.2. The molecule has 0 aromatic heterocycles.